The molecule has 0 radical (unpaired) electrons. The van der Waals surface area contributed by atoms with E-state index in [1.807, 2.05) is 0 Å². The molecule has 0 fully saturated rings. The van der Waals surface area contributed by atoms with Crippen LogP contribution in [0.2, 0.25) is 0 Å². The van der Waals surface area contributed by atoms with Crippen LogP contribution in [-0.2, 0) is 16.6 Å². The van der Waals surface area contributed by atoms with E-state index in [2.05, 4.69) is 28.9 Å². The van der Waals surface area contributed by atoms with E-state index < -0.39 is 10.0 Å². The highest BCUT2D eigenvalue weighted by molar-refractivity contribution is 7.89. The molecule has 0 aromatic carbocycles. The molecular formula is C13H23N3O2S. The van der Waals surface area contributed by atoms with E-state index in [1.165, 1.54) is 0 Å². The van der Waals surface area contributed by atoms with Crippen molar-refractivity contribution in [2.24, 2.45) is 0 Å². The Labute approximate surface area is 115 Å². The van der Waals surface area contributed by atoms with Crippen LogP contribution < -0.4 is 10.0 Å². The maximum atomic E-state index is 11.8. The number of nitrogens with zero attached hydrogens (tertiary/aromatic N) is 1. The molecule has 0 saturated heterocycles. The largest absolute Gasteiger partial charge is 0.315 e. The molecule has 108 valence electrons. The van der Waals surface area contributed by atoms with Gasteiger partial charge in [-0.05, 0) is 37.1 Å². The van der Waals surface area contributed by atoms with Crippen LogP contribution in [0.5, 0.6) is 0 Å². The number of aromatic nitrogens is 1. The number of pyridine rings is 1. The van der Waals surface area contributed by atoms with Crippen LogP contribution in [0.3, 0.4) is 0 Å². The first-order valence-corrected chi connectivity index (χ1v) is 8.24. The second kappa shape index (κ2) is 8.24. The van der Waals surface area contributed by atoms with Gasteiger partial charge < -0.3 is 5.32 Å². The van der Waals surface area contributed by atoms with Crippen molar-refractivity contribution in [3.05, 3.63) is 30.1 Å². The molecule has 1 aromatic rings. The summed E-state index contributed by atoms with van der Waals surface area (Å²) < 4.78 is 26.1. The van der Waals surface area contributed by atoms with Crippen molar-refractivity contribution >= 4 is 10.0 Å². The van der Waals surface area contributed by atoms with Gasteiger partial charge in [-0.3, -0.25) is 4.98 Å². The molecule has 19 heavy (non-hydrogen) atoms. The molecule has 1 rings (SSSR count). The third-order valence-corrected chi connectivity index (χ3v) is 4.05. The molecule has 6 heteroatoms. The maximum Gasteiger partial charge on any atom is 0.211 e. The molecule has 1 heterocycles. The monoisotopic (exact) mass is 285 g/mol. The SMILES string of the molecule is CC(C)NCCCCS(=O)(=O)NCc1ccncc1. The molecule has 0 bridgehead atoms. The molecule has 5 nitrogen and oxygen atoms in total. The average molecular weight is 285 g/mol. The minimum Gasteiger partial charge on any atom is -0.315 e. The molecule has 0 unspecified atom stereocenters. The van der Waals surface area contributed by atoms with E-state index in [4.69, 9.17) is 0 Å². The Morgan fingerprint density at radius 2 is 1.89 bits per heavy atom. The van der Waals surface area contributed by atoms with Gasteiger partial charge in [-0.1, -0.05) is 13.8 Å². The summed E-state index contributed by atoms with van der Waals surface area (Å²) in [4.78, 5) is 3.89. The lowest BCUT2D eigenvalue weighted by Gasteiger charge is -2.09. The molecule has 0 aliphatic carbocycles. The first kappa shape index (κ1) is 16.1. The highest BCUT2D eigenvalue weighted by atomic mass is 32.2. The molecule has 0 spiro atoms. The summed E-state index contributed by atoms with van der Waals surface area (Å²) in [6, 6.07) is 4.05. The summed E-state index contributed by atoms with van der Waals surface area (Å²) in [5, 5.41) is 3.27. The lowest BCUT2D eigenvalue weighted by molar-refractivity contribution is 0.555. The first-order valence-electron chi connectivity index (χ1n) is 6.59. The van der Waals surface area contributed by atoms with Crippen molar-refractivity contribution in [2.45, 2.75) is 39.3 Å². The number of unbranched alkanes of at least 4 members (excludes halogenated alkanes) is 1. The number of nitrogens with one attached hydrogen (secondary N) is 2. The predicted octanol–water partition coefficient (Wildman–Crippen LogP) is 1.28. The summed E-state index contributed by atoms with van der Waals surface area (Å²) in [5.74, 6) is 0.178. The van der Waals surface area contributed by atoms with Gasteiger partial charge in [-0.25, -0.2) is 13.1 Å². The summed E-state index contributed by atoms with van der Waals surface area (Å²) in [5.41, 5.74) is 0.917. The van der Waals surface area contributed by atoms with Crippen LogP contribution >= 0.6 is 0 Å². The van der Waals surface area contributed by atoms with Gasteiger partial charge in [0.05, 0.1) is 5.75 Å². The lowest BCUT2D eigenvalue weighted by atomic mass is 10.3. The van der Waals surface area contributed by atoms with Crippen molar-refractivity contribution < 1.29 is 8.42 Å². The van der Waals surface area contributed by atoms with E-state index in [1.54, 1.807) is 24.5 Å². The quantitative estimate of drug-likeness (QED) is 0.671. The highest BCUT2D eigenvalue weighted by Gasteiger charge is 2.09. The summed E-state index contributed by atoms with van der Waals surface area (Å²) in [6.07, 6.45) is 4.85. The van der Waals surface area contributed by atoms with Crippen LogP contribution in [0, 0.1) is 0 Å². The number of hydrogen-bond acceptors (Lipinski definition) is 4. The molecule has 0 saturated carbocycles. The molecule has 0 atom stereocenters. The van der Waals surface area contributed by atoms with Crippen molar-refractivity contribution in [1.82, 2.24) is 15.0 Å². The molecule has 1 aromatic heterocycles. The number of rotatable bonds is 9. The van der Waals surface area contributed by atoms with Gasteiger partial charge in [0.2, 0.25) is 10.0 Å². The van der Waals surface area contributed by atoms with Crippen LogP contribution in [0.15, 0.2) is 24.5 Å². The second-order valence-electron chi connectivity index (χ2n) is 4.81. The number of sulfonamides is 1. The Morgan fingerprint density at radius 3 is 2.53 bits per heavy atom. The van der Waals surface area contributed by atoms with Gasteiger partial charge in [0.25, 0.3) is 0 Å². The van der Waals surface area contributed by atoms with Crippen LogP contribution in [-0.4, -0.2) is 31.7 Å². The highest BCUT2D eigenvalue weighted by Crippen LogP contribution is 1.99. The van der Waals surface area contributed by atoms with Crippen LogP contribution in [0.4, 0.5) is 0 Å². The molecular weight excluding hydrogens is 262 g/mol. The van der Waals surface area contributed by atoms with Crippen molar-refractivity contribution in [2.75, 3.05) is 12.3 Å². The minimum absolute atomic E-state index is 0.178. The smallest absolute Gasteiger partial charge is 0.211 e. The second-order valence-corrected chi connectivity index (χ2v) is 6.74. The van der Waals surface area contributed by atoms with E-state index >= 15 is 0 Å². The van der Waals surface area contributed by atoms with Gasteiger partial charge in [0.15, 0.2) is 0 Å². The van der Waals surface area contributed by atoms with Crippen LogP contribution in [0.25, 0.3) is 0 Å². The zero-order chi connectivity index (χ0) is 14.1. The first-order chi connectivity index (χ1) is 8.99. The van der Waals surface area contributed by atoms with Gasteiger partial charge in [0, 0.05) is 25.0 Å². The average Bonchev–Trinajstić information content (AvgIpc) is 2.37. The zero-order valence-corrected chi connectivity index (χ0v) is 12.4. The fraction of sp³-hybridized carbons (Fsp3) is 0.615. The van der Waals surface area contributed by atoms with E-state index in [0.29, 0.717) is 19.0 Å². The minimum atomic E-state index is -3.18. The molecule has 0 aliphatic rings. The Hall–Kier alpha value is -0.980. The third kappa shape index (κ3) is 7.92. The lowest BCUT2D eigenvalue weighted by Crippen LogP contribution is -2.27. The van der Waals surface area contributed by atoms with E-state index in [9.17, 15) is 8.42 Å². The predicted molar refractivity (Wildman–Crippen MR) is 77.2 cm³/mol. The number of hydrogen-bond donors (Lipinski definition) is 2. The third-order valence-electron chi connectivity index (χ3n) is 2.64. The van der Waals surface area contributed by atoms with Gasteiger partial charge >= 0.3 is 0 Å². The standard InChI is InChI=1S/C13H23N3O2S/c1-12(2)15-7-3-4-10-19(17,18)16-11-13-5-8-14-9-6-13/h5-6,8-9,12,15-16H,3-4,7,10-11H2,1-2H3. The topological polar surface area (TPSA) is 71.1 Å². The zero-order valence-electron chi connectivity index (χ0n) is 11.6. The van der Waals surface area contributed by atoms with Crippen molar-refractivity contribution in [3.63, 3.8) is 0 Å². The maximum absolute atomic E-state index is 11.8. The fourth-order valence-corrected chi connectivity index (χ4v) is 2.69. The van der Waals surface area contributed by atoms with Crippen LogP contribution in [0.1, 0.15) is 32.3 Å². The van der Waals surface area contributed by atoms with Gasteiger partial charge in [-0.15, -0.1) is 0 Å². The normalized spacial score (nSPS) is 11.9. The van der Waals surface area contributed by atoms with Gasteiger partial charge in [0.1, 0.15) is 0 Å². The molecule has 2 N–H and O–H groups in total. The fourth-order valence-electron chi connectivity index (χ4n) is 1.57. The molecule has 0 amide bonds. The van der Waals surface area contributed by atoms with E-state index in [-0.39, 0.29) is 5.75 Å². The summed E-state index contributed by atoms with van der Waals surface area (Å²) >= 11 is 0. The molecule has 0 aliphatic heterocycles. The Morgan fingerprint density at radius 1 is 1.21 bits per heavy atom. The van der Waals surface area contributed by atoms with Crippen molar-refractivity contribution in [3.8, 4) is 0 Å². The Bertz CT molecular complexity index is 446. The van der Waals surface area contributed by atoms with E-state index in [0.717, 1.165) is 18.5 Å². The van der Waals surface area contributed by atoms with Gasteiger partial charge in [-0.2, -0.15) is 0 Å². The van der Waals surface area contributed by atoms with Crippen molar-refractivity contribution in [1.29, 1.82) is 0 Å². The Balaban J connectivity index is 2.21. The summed E-state index contributed by atoms with van der Waals surface area (Å²) in [6.45, 7) is 5.34. The Kier molecular flexibility index (Phi) is 6.97. The summed E-state index contributed by atoms with van der Waals surface area (Å²) in [7, 11) is -3.18.